The number of aromatic nitrogens is 4. The maximum Gasteiger partial charge on any atom is 0.203 e. The third kappa shape index (κ3) is 2.79. The molecule has 5 heteroatoms. The van der Waals surface area contributed by atoms with Crippen LogP contribution in [0.1, 0.15) is 49.4 Å². The number of nitrogens with zero attached hydrogens (tertiary/aromatic N) is 4. The van der Waals surface area contributed by atoms with Gasteiger partial charge in [-0.2, -0.15) is 0 Å². The van der Waals surface area contributed by atoms with Crippen LogP contribution in [-0.4, -0.2) is 26.1 Å². The second-order valence-electron chi connectivity index (χ2n) is 6.20. The fourth-order valence-corrected chi connectivity index (χ4v) is 3.03. The van der Waals surface area contributed by atoms with Crippen molar-refractivity contribution in [3.63, 3.8) is 0 Å². The molecule has 5 nitrogen and oxygen atoms in total. The molecule has 1 aliphatic carbocycles. The average Bonchev–Trinajstić information content (AvgIpc) is 3.35. The van der Waals surface area contributed by atoms with E-state index in [-0.39, 0.29) is 0 Å². The molecule has 1 N–H and O–H groups in total. The summed E-state index contributed by atoms with van der Waals surface area (Å²) in [5.74, 6) is 2.93. The molecule has 23 heavy (non-hydrogen) atoms. The molecule has 1 aromatic carbocycles. The van der Waals surface area contributed by atoms with Gasteiger partial charge in [0.2, 0.25) is 5.65 Å². The first-order valence-corrected chi connectivity index (χ1v) is 8.35. The van der Waals surface area contributed by atoms with Gasteiger partial charge in [0.15, 0.2) is 5.82 Å². The summed E-state index contributed by atoms with van der Waals surface area (Å²) in [7, 11) is 0. The molecule has 2 heterocycles. The van der Waals surface area contributed by atoms with E-state index in [9.17, 15) is 0 Å². The van der Waals surface area contributed by atoms with E-state index in [1.54, 1.807) is 0 Å². The van der Waals surface area contributed by atoms with Crippen LogP contribution in [0.5, 0.6) is 0 Å². The zero-order chi connectivity index (χ0) is 15.6. The number of hydrogen-bond acceptors (Lipinski definition) is 4. The van der Waals surface area contributed by atoms with Gasteiger partial charge in [0, 0.05) is 30.8 Å². The van der Waals surface area contributed by atoms with Gasteiger partial charge in [-0.25, -0.2) is 4.98 Å². The van der Waals surface area contributed by atoms with E-state index in [1.807, 2.05) is 12.4 Å². The summed E-state index contributed by atoms with van der Waals surface area (Å²) in [5, 5.41) is 12.2. The fraction of sp³-hybridized carbons (Fsp3) is 0.389. The van der Waals surface area contributed by atoms with Crippen molar-refractivity contribution in [2.24, 2.45) is 0 Å². The van der Waals surface area contributed by atoms with Crippen molar-refractivity contribution in [3.05, 3.63) is 54.1 Å². The number of fused-ring (bicyclic) bond motifs is 1. The van der Waals surface area contributed by atoms with E-state index in [2.05, 4.69) is 62.2 Å². The third-order valence-electron chi connectivity index (χ3n) is 4.58. The van der Waals surface area contributed by atoms with Gasteiger partial charge in [0.25, 0.3) is 0 Å². The van der Waals surface area contributed by atoms with Crippen LogP contribution in [0.3, 0.4) is 0 Å². The Morgan fingerprint density at radius 2 is 2.04 bits per heavy atom. The van der Waals surface area contributed by atoms with Crippen LogP contribution in [0.2, 0.25) is 0 Å². The summed E-state index contributed by atoms with van der Waals surface area (Å²) in [6.07, 6.45) is 7.31. The topological polar surface area (TPSA) is 55.1 Å². The summed E-state index contributed by atoms with van der Waals surface area (Å²) in [5.41, 5.74) is 2.19. The van der Waals surface area contributed by atoms with Gasteiger partial charge in [0.1, 0.15) is 5.82 Å². The van der Waals surface area contributed by atoms with Crippen LogP contribution in [-0.2, 0) is 0 Å². The monoisotopic (exact) mass is 307 g/mol. The summed E-state index contributed by atoms with van der Waals surface area (Å²) in [6.45, 7) is 3.06. The molecule has 1 saturated carbocycles. The first kappa shape index (κ1) is 14.2. The first-order chi connectivity index (χ1) is 11.4. The molecule has 0 radical (unpaired) electrons. The molecule has 4 rings (SSSR count). The standard InChI is InChI=1S/C18H21N5/c1-2-13(14-6-4-3-5-7-14)12-20-16-18-22-21-17(15-8-9-15)23(18)11-10-19-16/h3-7,10-11,13,15H,2,8-9,12H2,1H3,(H,19,20). The van der Waals surface area contributed by atoms with Gasteiger partial charge < -0.3 is 5.32 Å². The lowest BCUT2D eigenvalue weighted by Crippen LogP contribution is -2.13. The minimum Gasteiger partial charge on any atom is -0.366 e. The lowest BCUT2D eigenvalue weighted by atomic mass is 9.96. The molecular formula is C18H21N5. The highest BCUT2D eigenvalue weighted by Gasteiger charge is 2.29. The molecule has 0 spiro atoms. The summed E-state index contributed by atoms with van der Waals surface area (Å²) in [4.78, 5) is 4.47. The van der Waals surface area contributed by atoms with Gasteiger partial charge in [-0.3, -0.25) is 4.40 Å². The molecule has 2 aromatic heterocycles. The zero-order valence-electron chi connectivity index (χ0n) is 13.3. The fourth-order valence-electron chi connectivity index (χ4n) is 3.03. The Morgan fingerprint density at radius 3 is 2.78 bits per heavy atom. The van der Waals surface area contributed by atoms with Crippen molar-refractivity contribution in [3.8, 4) is 0 Å². The second-order valence-corrected chi connectivity index (χ2v) is 6.20. The highest BCUT2D eigenvalue weighted by molar-refractivity contribution is 5.62. The quantitative estimate of drug-likeness (QED) is 0.756. The van der Waals surface area contributed by atoms with Crippen LogP contribution in [0.25, 0.3) is 5.65 Å². The van der Waals surface area contributed by atoms with Crippen molar-refractivity contribution in [2.75, 3.05) is 11.9 Å². The summed E-state index contributed by atoms with van der Waals surface area (Å²) in [6, 6.07) is 10.6. The molecule has 1 atom stereocenters. The van der Waals surface area contributed by atoms with Gasteiger partial charge >= 0.3 is 0 Å². The van der Waals surface area contributed by atoms with Crippen LogP contribution in [0.15, 0.2) is 42.7 Å². The van der Waals surface area contributed by atoms with Crippen LogP contribution < -0.4 is 5.32 Å². The Labute approximate surface area is 135 Å². The molecule has 1 aliphatic rings. The van der Waals surface area contributed by atoms with Crippen molar-refractivity contribution in [1.82, 2.24) is 19.6 Å². The molecule has 0 bridgehead atoms. The lowest BCUT2D eigenvalue weighted by molar-refractivity contribution is 0.693. The Bertz CT molecular complexity index is 792. The second kappa shape index (κ2) is 5.99. The van der Waals surface area contributed by atoms with Crippen LogP contribution in [0, 0.1) is 0 Å². The van der Waals surface area contributed by atoms with Crippen molar-refractivity contribution in [2.45, 2.75) is 38.0 Å². The van der Waals surface area contributed by atoms with Gasteiger partial charge in [0.05, 0.1) is 0 Å². The summed E-state index contributed by atoms with van der Waals surface area (Å²) < 4.78 is 2.08. The maximum atomic E-state index is 4.47. The van der Waals surface area contributed by atoms with E-state index >= 15 is 0 Å². The molecule has 3 aromatic rings. The Kier molecular flexibility index (Phi) is 3.69. The molecular weight excluding hydrogens is 286 g/mol. The number of rotatable bonds is 6. The average molecular weight is 307 g/mol. The smallest absolute Gasteiger partial charge is 0.203 e. The first-order valence-electron chi connectivity index (χ1n) is 8.35. The Balaban J connectivity index is 1.55. The molecule has 0 amide bonds. The van der Waals surface area contributed by atoms with E-state index in [1.165, 1.54) is 18.4 Å². The van der Waals surface area contributed by atoms with E-state index in [4.69, 9.17) is 0 Å². The normalized spacial score (nSPS) is 15.7. The lowest BCUT2D eigenvalue weighted by Gasteiger charge is -2.16. The minimum atomic E-state index is 0.462. The predicted octanol–water partition coefficient (Wildman–Crippen LogP) is 3.61. The molecule has 1 fully saturated rings. The summed E-state index contributed by atoms with van der Waals surface area (Å²) >= 11 is 0. The zero-order valence-corrected chi connectivity index (χ0v) is 13.3. The number of hydrogen-bond donors (Lipinski definition) is 1. The van der Waals surface area contributed by atoms with Gasteiger partial charge in [-0.1, -0.05) is 37.3 Å². The van der Waals surface area contributed by atoms with Crippen molar-refractivity contribution in [1.29, 1.82) is 0 Å². The molecule has 0 aliphatic heterocycles. The van der Waals surface area contributed by atoms with Gasteiger partial charge in [-0.05, 0) is 24.8 Å². The molecule has 0 saturated heterocycles. The maximum absolute atomic E-state index is 4.47. The molecule has 1 unspecified atom stereocenters. The highest BCUT2D eigenvalue weighted by atomic mass is 15.3. The van der Waals surface area contributed by atoms with Gasteiger partial charge in [-0.15, -0.1) is 10.2 Å². The number of nitrogens with one attached hydrogen (secondary N) is 1. The molecule has 118 valence electrons. The third-order valence-corrected chi connectivity index (χ3v) is 4.58. The Hall–Kier alpha value is -2.43. The van der Waals surface area contributed by atoms with E-state index in [0.717, 1.165) is 30.3 Å². The van der Waals surface area contributed by atoms with E-state index in [0.29, 0.717) is 11.8 Å². The SMILES string of the molecule is CCC(CNc1nccn2c(C3CC3)nnc12)c1ccccc1. The number of benzene rings is 1. The van der Waals surface area contributed by atoms with Crippen molar-refractivity contribution < 1.29 is 0 Å². The van der Waals surface area contributed by atoms with Crippen molar-refractivity contribution >= 4 is 11.5 Å². The van der Waals surface area contributed by atoms with Crippen LogP contribution >= 0.6 is 0 Å². The van der Waals surface area contributed by atoms with Crippen LogP contribution in [0.4, 0.5) is 5.82 Å². The Morgan fingerprint density at radius 1 is 1.22 bits per heavy atom. The largest absolute Gasteiger partial charge is 0.366 e. The highest BCUT2D eigenvalue weighted by Crippen LogP contribution is 2.39. The predicted molar refractivity (Wildman–Crippen MR) is 90.7 cm³/mol. The minimum absolute atomic E-state index is 0.462. The van der Waals surface area contributed by atoms with E-state index < -0.39 is 0 Å². The number of anilines is 1.